The number of methoxy groups -OCH3 is 1. The van der Waals surface area contributed by atoms with Crippen molar-refractivity contribution < 1.29 is 14.6 Å². The van der Waals surface area contributed by atoms with Crippen LogP contribution in [-0.2, 0) is 9.53 Å². The normalized spacial score (nSPS) is 22.3. The summed E-state index contributed by atoms with van der Waals surface area (Å²) in [7, 11) is 3.22. The van der Waals surface area contributed by atoms with Crippen LogP contribution in [0.15, 0.2) is 0 Å². The van der Waals surface area contributed by atoms with Crippen LogP contribution in [-0.4, -0.2) is 48.3 Å². The molecule has 1 saturated carbocycles. The molecule has 1 rings (SSSR count). The number of rotatable bonds is 5. The molecule has 2 unspecified atom stereocenters. The first-order chi connectivity index (χ1) is 6.88. The summed E-state index contributed by atoms with van der Waals surface area (Å²) in [5, 5.41) is 9.89. The van der Waals surface area contributed by atoms with Crippen LogP contribution in [0.2, 0.25) is 0 Å². The zero-order valence-electron chi connectivity index (χ0n) is 9.99. The van der Waals surface area contributed by atoms with Crippen molar-refractivity contribution in [3.05, 3.63) is 0 Å². The van der Waals surface area contributed by atoms with Gasteiger partial charge in [0.2, 0.25) is 0 Å². The first-order valence-corrected chi connectivity index (χ1v) is 5.39. The Balaban J connectivity index is 2.47. The molecule has 2 atom stereocenters. The number of aliphatic hydroxyl groups is 1. The Kier molecular flexibility index (Phi) is 3.73. The highest BCUT2D eigenvalue weighted by Crippen LogP contribution is 2.35. The Morgan fingerprint density at radius 1 is 1.67 bits per heavy atom. The quantitative estimate of drug-likeness (QED) is 0.684. The molecule has 88 valence electrons. The van der Waals surface area contributed by atoms with Crippen LogP contribution in [0.5, 0.6) is 0 Å². The average molecular weight is 215 g/mol. The van der Waals surface area contributed by atoms with E-state index < -0.39 is 11.6 Å². The fourth-order valence-electron chi connectivity index (χ4n) is 1.85. The first-order valence-electron chi connectivity index (χ1n) is 5.39. The van der Waals surface area contributed by atoms with E-state index in [0.717, 1.165) is 5.92 Å². The van der Waals surface area contributed by atoms with E-state index in [0.29, 0.717) is 12.6 Å². The van der Waals surface area contributed by atoms with Crippen LogP contribution in [0, 0.1) is 5.92 Å². The third-order valence-corrected chi connectivity index (χ3v) is 3.18. The standard InChI is InChI=1S/C11H21NO3/c1-8(9-5-6-9)12(3)7-11(2,14)10(13)15-4/h8-9,14H,5-7H2,1-4H3. The summed E-state index contributed by atoms with van der Waals surface area (Å²) in [6, 6.07) is 0.418. The van der Waals surface area contributed by atoms with Gasteiger partial charge < -0.3 is 9.84 Å². The van der Waals surface area contributed by atoms with Gasteiger partial charge in [0.1, 0.15) is 0 Å². The second kappa shape index (κ2) is 4.49. The van der Waals surface area contributed by atoms with E-state index in [9.17, 15) is 9.90 Å². The third kappa shape index (κ3) is 3.18. The number of likely N-dealkylation sites (N-methyl/N-ethyl adjacent to an activating group) is 1. The van der Waals surface area contributed by atoms with Crippen LogP contribution >= 0.6 is 0 Å². The molecule has 0 aromatic carbocycles. The number of hydrogen-bond acceptors (Lipinski definition) is 4. The molecule has 0 amide bonds. The van der Waals surface area contributed by atoms with Gasteiger partial charge in [0, 0.05) is 12.6 Å². The predicted molar refractivity (Wildman–Crippen MR) is 57.5 cm³/mol. The molecule has 4 nitrogen and oxygen atoms in total. The van der Waals surface area contributed by atoms with Crippen molar-refractivity contribution in [2.75, 3.05) is 20.7 Å². The molecule has 1 fully saturated rings. The summed E-state index contributed by atoms with van der Waals surface area (Å²) in [5.41, 5.74) is -1.41. The summed E-state index contributed by atoms with van der Waals surface area (Å²) in [6.07, 6.45) is 2.51. The van der Waals surface area contributed by atoms with Gasteiger partial charge in [-0.2, -0.15) is 0 Å². The number of ether oxygens (including phenoxy) is 1. The second-order valence-corrected chi connectivity index (χ2v) is 4.76. The van der Waals surface area contributed by atoms with Gasteiger partial charge in [-0.1, -0.05) is 0 Å². The average Bonchev–Trinajstić information content (AvgIpc) is 2.97. The lowest BCUT2D eigenvalue weighted by Crippen LogP contribution is -2.49. The molecule has 15 heavy (non-hydrogen) atoms. The molecule has 0 spiro atoms. The van der Waals surface area contributed by atoms with Crippen LogP contribution in [0.3, 0.4) is 0 Å². The fraction of sp³-hybridized carbons (Fsp3) is 0.909. The summed E-state index contributed by atoms with van der Waals surface area (Å²) < 4.78 is 4.56. The smallest absolute Gasteiger partial charge is 0.338 e. The van der Waals surface area contributed by atoms with Gasteiger partial charge in [0.15, 0.2) is 5.60 Å². The second-order valence-electron chi connectivity index (χ2n) is 4.76. The number of carbonyl (C=O) groups excluding carboxylic acids is 1. The van der Waals surface area contributed by atoms with Gasteiger partial charge in [-0.25, -0.2) is 4.79 Å². The van der Waals surface area contributed by atoms with E-state index in [1.165, 1.54) is 26.9 Å². The van der Waals surface area contributed by atoms with Crippen molar-refractivity contribution in [3.63, 3.8) is 0 Å². The van der Waals surface area contributed by atoms with Crippen molar-refractivity contribution >= 4 is 5.97 Å². The third-order valence-electron chi connectivity index (χ3n) is 3.18. The zero-order valence-corrected chi connectivity index (χ0v) is 9.99. The Labute approximate surface area is 91.2 Å². The number of hydrogen-bond donors (Lipinski definition) is 1. The molecular formula is C11H21NO3. The van der Waals surface area contributed by atoms with Gasteiger partial charge in [0.05, 0.1) is 7.11 Å². The SMILES string of the molecule is COC(=O)C(C)(O)CN(C)C(C)C1CC1. The van der Waals surface area contributed by atoms with Crippen molar-refractivity contribution in [2.45, 2.75) is 38.3 Å². The molecule has 0 heterocycles. The Morgan fingerprint density at radius 3 is 2.60 bits per heavy atom. The van der Waals surface area contributed by atoms with E-state index in [1.54, 1.807) is 0 Å². The van der Waals surface area contributed by atoms with E-state index >= 15 is 0 Å². The minimum atomic E-state index is -1.41. The minimum absolute atomic E-state index is 0.317. The largest absolute Gasteiger partial charge is 0.467 e. The highest BCUT2D eigenvalue weighted by molar-refractivity contribution is 5.78. The number of nitrogens with zero attached hydrogens (tertiary/aromatic N) is 1. The monoisotopic (exact) mass is 215 g/mol. The Morgan fingerprint density at radius 2 is 2.20 bits per heavy atom. The molecule has 0 aromatic heterocycles. The van der Waals surface area contributed by atoms with E-state index in [2.05, 4.69) is 11.7 Å². The highest BCUT2D eigenvalue weighted by atomic mass is 16.5. The maximum Gasteiger partial charge on any atom is 0.338 e. The molecule has 0 bridgehead atoms. The molecule has 0 saturated heterocycles. The van der Waals surface area contributed by atoms with E-state index in [-0.39, 0.29) is 0 Å². The molecule has 0 radical (unpaired) electrons. The van der Waals surface area contributed by atoms with Gasteiger partial charge in [-0.05, 0) is 39.7 Å². The lowest BCUT2D eigenvalue weighted by molar-refractivity contribution is -0.162. The molecule has 1 aliphatic carbocycles. The molecule has 1 aliphatic rings. The molecule has 1 N–H and O–H groups in total. The van der Waals surface area contributed by atoms with Crippen molar-refractivity contribution in [1.82, 2.24) is 4.90 Å². The minimum Gasteiger partial charge on any atom is -0.467 e. The van der Waals surface area contributed by atoms with Crippen LogP contribution in [0.1, 0.15) is 26.7 Å². The van der Waals surface area contributed by atoms with E-state index in [1.807, 2.05) is 11.9 Å². The van der Waals surface area contributed by atoms with Crippen molar-refractivity contribution in [2.24, 2.45) is 5.92 Å². The predicted octanol–water partition coefficient (Wildman–Crippen LogP) is 0.641. The maximum absolute atomic E-state index is 11.3. The van der Waals surface area contributed by atoms with Crippen LogP contribution in [0.4, 0.5) is 0 Å². The molecular weight excluding hydrogens is 194 g/mol. The van der Waals surface area contributed by atoms with Crippen LogP contribution < -0.4 is 0 Å². The molecule has 0 aromatic rings. The summed E-state index contributed by atoms with van der Waals surface area (Å²) in [4.78, 5) is 13.3. The lowest BCUT2D eigenvalue weighted by atomic mass is 10.1. The first kappa shape index (κ1) is 12.5. The van der Waals surface area contributed by atoms with E-state index in [4.69, 9.17) is 0 Å². The maximum atomic E-state index is 11.3. The van der Waals surface area contributed by atoms with Gasteiger partial charge in [-0.3, -0.25) is 4.90 Å². The number of carbonyl (C=O) groups is 1. The summed E-state index contributed by atoms with van der Waals surface area (Å²) in [5.74, 6) is 0.154. The topological polar surface area (TPSA) is 49.8 Å². The lowest BCUT2D eigenvalue weighted by Gasteiger charge is -2.31. The van der Waals surface area contributed by atoms with Gasteiger partial charge in [0.25, 0.3) is 0 Å². The Bertz CT molecular complexity index is 236. The summed E-state index contributed by atoms with van der Waals surface area (Å²) >= 11 is 0. The molecule has 4 heteroatoms. The fourth-order valence-corrected chi connectivity index (χ4v) is 1.85. The summed E-state index contributed by atoms with van der Waals surface area (Å²) in [6.45, 7) is 3.94. The van der Waals surface area contributed by atoms with Crippen molar-refractivity contribution in [3.8, 4) is 0 Å². The van der Waals surface area contributed by atoms with Gasteiger partial charge in [-0.15, -0.1) is 0 Å². The highest BCUT2D eigenvalue weighted by Gasteiger charge is 2.37. The molecule has 0 aliphatic heterocycles. The van der Waals surface area contributed by atoms with Crippen molar-refractivity contribution in [1.29, 1.82) is 0 Å². The Hall–Kier alpha value is -0.610. The number of esters is 1. The van der Waals surface area contributed by atoms with Crippen LogP contribution in [0.25, 0.3) is 0 Å². The van der Waals surface area contributed by atoms with Gasteiger partial charge >= 0.3 is 5.97 Å². The zero-order chi connectivity index (χ0) is 11.6.